The number of hydrogen-bond donors (Lipinski definition) is 0. The zero-order valence-electron chi connectivity index (χ0n) is 23.9. The second-order valence-corrected chi connectivity index (χ2v) is 10.2. The molecule has 0 aliphatic heterocycles. The van der Waals surface area contributed by atoms with E-state index in [0.29, 0.717) is 29.3 Å². The first-order chi connectivity index (χ1) is 20.1. The first kappa shape index (κ1) is 29.9. The summed E-state index contributed by atoms with van der Waals surface area (Å²) in [6, 6.07) is 23.9. The average Bonchev–Trinajstić information content (AvgIpc) is 3.00. The maximum absolute atomic E-state index is 13.2. The predicted molar refractivity (Wildman–Crippen MR) is 163 cm³/mol. The molecule has 0 radical (unpaired) electrons. The van der Waals surface area contributed by atoms with Gasteiger partial charge in [-0.25, -0.2) is 9.18 Å². The van der Waals surface area contributed by atoms with Gasteiger partial charge in [0.15, 0.2) is 0 Å². The molecular weight excluding hydrogens is 515 g/mol. The minimum atomic E-state index is -0.447. The van der Waals surface area contributed by atoms with Gasteiger partial charge in [-0.05, 0) is 67.1 Å². The zero-order valence-corrected chi connectivity index (χ0v) is 23.9. The summed E-state index contributed by atoms with van der Waals surface area (Å²) in [5, 5.41) is 10.1. The Balaban J connectivity index is 1.26. The van der Waals surface area contributed by atoms with E-state index >= 15 is 0 Å². The molecule has 4 aromatic rings. The van der Waals surface area contributed by atoms with Crippen LogP contribution < -0.4 is 9.47 Å². The maximum atomic E-state index is 13.2. The van der Waals surface area contributed by atoms with Crippen LogP contribution in [0, 0.1) is 5.82 Å². The summed E-state index contributed by atoms with van der Waals surface area (Å²) in [6.07, 6.45) is 12.9. The van der Waals surface area contributed by atoms with Crippen molar-refractivity contribution in [1.82, 2.24) is 0 Å². The maximum Gasteiger partial charge on any atom is 0.343 e. The van der Waals surface area contributed by atoms with Gasteiger partial charge in [-0.1, -0.05) is 89.0 Å². The number of azo groups is 1. The van der Waals surface area contributed by atoms with E-state index in [2.05, 4.69) is 17.2 Å². The highest BCUT2D eigenvalue weighted by Gasteiger charge is 2.13. The van der Waals surface area contributed by atoms with E-state index in [9.17, 15) is 9.18 Å². The molecule has 0 heterocycles. The van der Waals surface area contributed by atoms with E-state index < -0.39 is 5.97 Å². The average molecular weight is 555 g/mol. The van der Waals surface area contributed by atoms with Crippen LogP contribution >= 0.6 is 0 Å². The number of rotatable bonds is 16. The van der Waals surface area contributed by atoms with E-state index in [1.54, 1.807) is 36.4 Å². The molecule has 6 heteroatoms. The molecule has 4 aromatic carbocycles. The van der Waals surface area contributed by atoms with Gasteiger partial charge in [0, 0.05) is 10.8 Å². The van der Waals surface area contributed by atoms with Crippen molar-refractivity contribution < 1.29 is 18.7 Å². The van der Waals surface area contributed by atoms with Gasteiger partial charge in [0.25, 0.3) is 0 Å². The van der Waals surface area contributed by atoms with E-state index in [-0.39, 0.29) is 5.82 Å². The minimum absolute atomic E-state index is 0.327. The molecule has 0 aliphatic carbocycles. The van der Waals surface area contributed by atoms with Gasteiger partial charge in [0.05, 0.1) is 23.5 Å². The highest BCUT2D eigenvalue weighted by Crippen LogP contribution is 2.34. The van der Waals surface area contributed by atoms with Crippen LogP contribution in [-0.4, -0.2) is 12.6 Å². The number of unbranched alkanes of at least 4 members (excludes halogenated alkanes) is 9. The van der Waals surface area contributed by atoms with Crippen LogP contribution in [-0.2, 0) is 0 Å². The van der Waals surface area contributed by atoms with Crippen molar-refractivity contribution in [2.24, 2.45) is 10.2 Å². The Hall–Kier alpha value is -4.06. The van der Waals surface area contributed by atoms with Gasteiger partial charge in [-0.2, -0.15) is 5.11 Å². The second kappa shape index (κ2) is 16.3. The quantitative estimate of drug-likeness (QED) is 0.0599. The molecule has 0 bridgehead atoms. The van der Waals surface area contributed by atoms with Crippen LogP contribution in [0.2, 0.25) is 0 Å². The number of esters is 1. The van der Waals surface area contributed by atoms with Crippen LogP contribution in [0.1, 0.15) is 81.5 Å². The molecular formula is C35H39FN2O3. The summed E-state index contributed by atoms with van der Waals surface area (Å²) in [4.78, 5) is 12.9. The number of carbonyl (C=O) groups is 1. The molecule has 0 unspecified atom stereocenters. The standard InChI is InChI=1S/C35H39FN2O3/c1-2-3-4-5-6-7-8-9-10-13-26-40-30-22-16-27(17-23-30)35(39)41-34-25-24-33(31-14-11-12-15-32(31)34)38-37-29-20-18-28(36)19-21-29/h11-12,14-25H,2-10,13,26H2,1H3. The van der Waals surface area contributed by atoms with Crippen molar-refractivity contribution >= 4 is 28.1 Å². The third-order valence-corrected chi connectivity index (χ3v) is 7.02. The first-order valence-electron chi connectivity index (χ1n) is 14.8. The molecule has 0 atom stereocenters. The van der Waals surface area contributed by atoms with E-state index in [4.69, 9.17) is 9.47 Å². The number of ether oxygens (including phenoxy) is 2. The van der Waals surface area contributed by atoms with Gasteiger partial charge in [0.2, 0.25) is 0 Å². The van der Waals surface area contributed by atoms with Crippen molar-refractivity contribution in [3.05, 3.63) is 96.3 Å². The van der Waals surface area contributed by atoms with Gasteiger partial charge < -0.3 is 9.47 Å². The largest absolute Gasteiger partial charge is 0.494 e. The SMILES string of the molecule is CCCCCCCCCCCCOc1ccc(C(=O)Oc2ccc(N=Nc3ccc(F)cc3)c3ccccc23)cc1. The molecule has 0 saturated heterocycles. The van der Waals surface area contributed by atoms with Crippen molar-refractivity contribution in [2.75, 3.05) is 6.61 Å². The Labute approximate surface area is 242 Å². The normalized spacial score (nSPS) is 11.3. The lowest BCUT2D eigenvalue weighted by molar-refractivity contribution is 0.0737. The lowest BCUT2D eigenvalue weighted by Gasteiger charge is -2.10. The summed E-state index contributed by atoms with van der Waals surface area (Å²) in [5.41, 5.74) is 1.61. The van der Waals surface area contributed by atoms with Gasteiger partial charge in [-0.3, -0.25) is 0 Å². The molecule has 5 nitrogen and oxygen atoms in total. The Kier molecular flexibility index (Phi) is 11.9. The molecule has 0 amide bonds. The summed E-state index contributed by atoms with van der Waals surface area (Å²) in [6.45, 7) is 2.93. The lowest BCUT2D eigenvalue weighted by atomic mass is 10.1. The summed E-state index contributed by atoms with van der Waals surface area (Å²) in [5.74, 6) is 0.413. The highest BCUT2D eigenvalue weighted by atomic mass is 19.1. The topological polar surface area (TPSA) is 60.2 Å². The second-order valence-electron chi connectivity index (χ2n) is 10.2. The van der Waals surface area contributed by atoms with Crippen LogP contribution in [0.25, 0.3) is 10.8 Å². The number of hydrogen-bond acceptors (Lipinski definition) is 5. The number of fused-ring (bicyclic) bond motifs is 1. The summed E-state index contributed by atoms with van der Waals surface area (Å²) < 4.78 is 24.8. The fourth-order valence-electron chi connectivity index (χ4n) is 4.68. The third-order valence-electron chi connectivity index (χ3n) is 7.02. The van der Waals surface area contributed by atoms with Gasteiger partial charge in [0.1, 0.15) is 17.3 Å². The molecule has 214 valence electrons. The fourth-order valence-corrected chi connectivity index (χ4v) is 4.68. The molecule has 0 spiro atoms. The van der Waals surface area contributed by atoms with Gasteiger partial charge >= 0.3 is 5.97 Å². The zero-order chi connectivity index (χ0) is 28.7. The molecule has 4 rings (SSSR count). The van der Waals surface area contributed by atoms with E-state index in [1.807, 2.05) is 36.4 Å². The minimum Gasteiger partial charge on any atom is -0.494 e. The number of halogens is 1. The Morgan fingerprint density at radius 3 is 2.00 bits per heavy atom. The summed E-state index contributed by atoms with van der Waals surface area (Å²) >= 11 is 0. The molecule has 0 N–H and O–H groups in total. The van der Waals surface area contributed by atoms with Crippen LogP contribution in [0.4, 0.5) is 15.8 Å². The Morgan fingerprint density at radius 2 is 1.32 bits per heavy atom. The van der Waals surface area contributed by atoms with Crippen molar-refractivity contribution in [1.29, 1.82) is 0 Å². The molecule has 0 saturated carbocycles. The summed E-state index contributed by atoms with van der Waals surface area (Å²) in [7, 11) is 0. The van der Waals surface area contributed by atoms with E-state index in [1.165, 1.54) is 69.9 Å². The van der Waals surface area contributed by atoms with E-state index in [0.717, 1.165) is 22.9 Å². The van der Waals surface area contributed by atoms with Crippen molar-refractivity contribution in [2.45, 2.75) is 71.1 Å². The monoisotopic (exact) mass is 554 g/mol. The molecule has 0 aliphatic rings. The smallest absolute Gasteiger partial charge is 0.343 e. The van der Waals surface area contributed by atoms with Crippen molar-refractivity contribution in [3.63, 3.8) is 0 Å². The van der Waals surface area contributed by atoms with Crippen LogP contribution in [0.15, 0.2) is 95.2 Å². The van der Waals surface area contributed by atoms with Crippen LogP contribution in [0.3, 0.4) is 0 Å². The predicted octanol–water partition coefficient (Wildman–Crippen LogP) is 10.9. The Morgan fingerprint density at radius 1 is 0.683 bits per heavy atom. The number of carbonyl (C=O) groups excluding carboxylic acids is 1. The third kappa shape index (κ3) is 9.52. The Bertz CT molecular complexity index is 1400. The fraction of sp³-hybridized carbons (Fsp3) is 0.343. The molecule has 0 fully saturated rings. The molecule has 0 aromatic heterocycles. The van der Waals surface area contributed by atoms with Crippen LogP contribution in [0.5, 0.6) is 11.5 Å². The highest BCUT2D eigenvalue weighted by molar-refractivity contribution is 5.99. The first-order valence-corrected chi connectivity index (χ1v) is 14.8. The number of benzene rings is 4. The van der Waals surface area contributed by atoms with Gasteiger partial charge in [-0.15, -0.1) is 5.11 Å². The number of nitrogens with zero attached hydrogens (tertiary/aromatic N) is 2. The van der Waals surface area contributed by atoms with Crippen molar-refractivity contribution in [3.8, 4) is 11.5 Å². The lowest BCUT2D eigenvalue weighted by Crippen LogP contribution is -2.08. The molecule has 41 heavy (non-hydrogen) atoms.